The first-order chi connectivity index (χ1) is 14.5. The number of benzene rings is 1. The summed E-state index contributed by atoms with van der Waals surface area (Å²) in [6, 6.07) is 4.41. The van der Waals surface area contributed by atoms with Crippen LogP contribution in [0.25, 0.3) is 0 Å². The van der Waals surface area contributed by atoms with Crippen molar-refractivity contribution in [3.05, 3.63) is 28.8 Å². The molecule has 0 aliphatic carbocycles. The van der Waals surface area contributed by atoms with Crippen molar-refractivity contribution >= 4 is 11.7 Å². The molecule has 1 N–H and O–H groups in total. The van der Waals surface area contributed by atoms with E-state index in [9.17, 15) is 9.90 Å². The zero-order valence-electron chi connectivity index (χ0n) is 19.7. The van der Waals surface area contributed by atoms with E-state index < -0.39 is 6.10 Å². The third-order valence-corrected chi connectivity index (χ3v) is 6.38. The fourth-order valence-electron chi connectivity index (χ4n) is 4.48. The van der Waals surface area contributed by atoms with Gasteiger partial charge in [0, 0.05) is 19.2 Å². The van der Waals surface area contributed by atoms with Crippen molar-refractivity contribution in [3.63, 3.8) is 0 Å². The Morgan fingerprint density at radius 2 is 1.57 bits per heavy atom. The first kappa shape index (κ1) is 24.7. The van der Waals surface area contributed by atoms with Crippen LogP contribution >= 0.6 is 0 Å². The quantitative estimate of drug-likeness (QED) is 0.355. The number of likely N-dealkylation sites (N-methyl/N-ethyl adjacent to an activating group) is 1. The Hall–Kier alpha value is -1.55. The van der Waals surface area contributed by atoms with Crippen LogP contribution < -0.4 is 4.90 Å². The topological polar surface area (TPSA) is 49.8 Å². The lowest BCUT2D eigenvalue weighted by molar-refractivity contribution is -0.153. The smallest absolute Gasteiger partial charge is 0.329 e. The molecule has 0 aromatic heterocycles. The van der Waals surface area contributed by atoms with Gasteiger partial charge in [-0.25, -0.2) is 4.79 Å². The van der Waals surface area contributed by atoms with E-state index in [1.165, 1.54) is 55.2 Å². The lowest BCUT2D eigenvalue weighted by Gasteiger charge is -2.35. The molecule has 4 heteroatoms. The van der Waals surface area contributed by atoms with Crippen LogP contribution in [0.15, 0.2) is 12.1 Å². The summed E-state index contributed by atoms with van der Waals surface area (Å²) in [6.07, 6.45) is 12.5. The highest BCUT2D eigenvalue weighted by Crippen LogP contribution is 2.32. The second kappa shape index (κ2) is 13.0. The molecule has 1 aromatic carbocycles. The van der Waals surface area contributed by atoms with E-state index in [1.807, 2.05) is 7.05 Å². The fraction of sp³-hybridized carbons (Fsp3) is 0.731. The summed E-state index contributed by atoms with van der Waals surface area (Å²) in [4.78, 5) is 15.0. The molecular weight excluding hydrogens is 374 g/mol. The Labute approximate surface area is 184 Å². The van der Waals surface area contributed by atoms with Crippen molar-refractivity contribution < 1.29 is 14.6 Å². The number of carbonyl (C=O) groups excluding carboxylic acids is 1. The van der Waals surface area contributed by atoms with Gasteiger partial charge in [0.05, 0.1) is 6.61 Å². The summed E-state index contributed by atoms with van der Waals surface area (Å²) < 4.78 is 5.69. The predicted molar refractivity (Wildman–Crippen MR) is 125 cm³/mol. The average Bonchev–Trinajstić information content (AvgIpc) is 2.74. The number of anilines is 1. The zero-order valence-corrected chi connectivity index (χ0v) is 19.7. The molecule has 2 rings (SSSR count). The van der Waals surface area contributed by atoms with Gasteiger partial charge < -0.3 is 14.7 Å². The molecule has 0 amide bonds. The zero-order chi connectivity index (χ0) is 21.9. The van der Waals surface area contributed by atoms with Crippen LogP contribution in [0.4, 0.5) is 5.69 Å². The van der Waals surface area contributed by atoms with E-state index in [0.29, 0.717) is 6.42 Å². The van der Waals surface area contributed by atoms with E-state index in [0.717, 1.165) is 37.8 Å². The van der Waals surface area contributed by atoms with Gasteiger partial charge in [0.25, 0.3) is 0 Å². The molecule has 0 saturated heterocycles. The van der Waals surface area contributed by atoms with Crippen LogP contribution in [0.2, 0.25) is 0 Å². The molecule has 30 heavy (non-hydrogen) atoms. The number of aryl methyl sites for hydroxylation is 2. The minimum absolute atomic E-state index is 0.126. The van der Waals surface area contributed by atoms with Crippen molar-refractivity contribution in [2.24, 2.45) is 0 Å². The Kier molecular flexibility index (Phi) is 10.7. The molecule has 4 nitrogen and oxygen atoms in total. The molecule has 0 radical (unpaired) electrons. The Morgan fingerprint density at radius 1 is 0.967 bits per heavy atom. The maximum Gasteiger partial charge on any atom is 0.329 e. The number of cyclic esters (lactones) is 1. The molecule has 1 aliphatic heterocycles. The second-order valence-electron chi connectivity index (χ2n) is 8.88. The minimum Gasteiger partial charge on any atom is -0.458 e. The highest BCUT2D eigenvalue weighted by Gasteiger charge is 2.32. The van der Waals surface area contributed by atoms with Crippen LogP contribution in [-0.4, -0.2) is 36.9 Å². The first-order valence-electron chi connectivity index (χ1n) is 12.2. The van der Waals surface area contributed by atoms with Crippen LogP contribution in [0.1, 0.15) is 95.2 Å². The van der Waals surface area contributed by atoms with Crippen molar-refractivity contribution in [1.29, 1.82) is 0 Å². The summed E-state index contributed by atoms with van der Waals surface area (Å²) in [5.41, 5.74) is 5.24. The maximum absolute atomic E-state index is 12.8. The second-order valence-corrected chi connectivity index (χ2v) is 8.88. The first-order valence-corrected chi connectivity index (χ1v) is 12.2. The van der Waals surface area contributed by atoms with E-state index >= 15 is 0 Å². The van der Waals surface area contributed by atoms with Gasteiger partial charge in [-0.1, -0.05) is 65.4 Å². The molecule has 1 heterocycles. The van der Waals surface area contributed by atoms with Crippen molar-refractivity contribution in [2.45, 2.75) is 110 Å². The van der Waals surface area contributed by atoms with E-state index in [2.05, 4.69) is 37.8 Å². The number of hydrogen-bond donors (Lipinski definition) is 1. The summed E-state index contributed by atoms with van der Waals surface area (Å²) in [7, 11) is 2.03. The molecule has 0 saturated carbocycles. The van der Waals surface area contributed by atoms with Gasteiger partial charge in [0.2, 0.25) is 0 Å². The standard InChI is InChI=1S/C26H43NO3/c1-5-8-11-13-20-16-22-17-23(19-28)30-26(29)24(15-10-7-3)27(4)25(22)18-21(20)14-12-9-6-2/h16,18,23-24,28H,5-15,17,19H2,1-4H3/t23-,24-/m0/s1. The fourth-order valence-corrected chi connectivity index (χ4v) is 4.48. The van der Waals surface area contributed by atoms with Crippen LogP contribution in [0.5, 0.6) is 0 Å². The summed E-state index contributed by atoms with van der Waals surface area (Å²) in [5.74, 6) is -0.199. The molecule has 1 aliphatic rings. The molecule has 0 spiro atoms. The number of esters is 1. The molecule has 0 bridgehead atoms. The number of ether oxygens (including phenoxy) is 1. The van der Waals surface area contributed by atoms with Gasteiger partial charge in [-0.2, -0.15) is 0 Å². The Balaban J connectivity index is 2.44. The van der Waals surface area contributed by atoms with E-state index in [-0.39, 0.29) is 18.6 Å². The van der Waals surface area contributed by atoms with Gasteiger partial charge in [0.1, 0.15) is 12.1 Å². The normalized spacial score (nSPS) is 19.2. The summed E-state index contributed by atoms with van der Waals surface area (Å²) >= 11 is 0. The van der Waals surface area contributed by atoms with Gasteiger partial charge in [-0.3, -0.25) is 0 Å². The number of unbranched alkanes of at least 4 members (excludes halogenated alkanes) is 5. The summed E-state index contributed by atoms with van der Waals surface area (Å²) in [5, 5.41) is 9.83. The van der Waals surface area contributed by atoms with Crippen molar-refractivity contribution in [2.75, 3.05) is 18.6 Å². The summed E-state index contributed by atoms with van der Waals surface area (Å²) in [6.45, 7) is 6.51. The predicted octanol–water partition coefficient (Wildman–Crippen LogP) is 5.61. The molecule has 170 valence electrons. The van der Waals surface area contributed by atoms with Crippen LogP contribution in [-0.2, 0) is 28.8 Å². The van der Waals surface area contributed by atoms with Crippen molar-refractivity contribution in [3.8, 4) is 0 Å². The molecule has 1 aromatic rings. The Morgan fingerprint density at radius 3 is 2.13 bits per heavy atom. The highest BCUT2D eigenvalue weighted by atomic mass is 16.6. The Bertz CT molecular complexity index is 658. The maximum atomic E-state index is 12.8. The number of hydrogen-bond acceptors (Lipinski definition) is 4. The number of nitrogens with zero attached hydrogens (tertiary/aromatic N) is 1. The number of rotatable bonds is 12. The largest absolute Gasteiger partial charge is 0.458 e. The molecule has 0 fully saturated rings. The van der Waals surface area contributed by atoms with Crippen molar-refractivity contribution in [1.82, 2.24) is 0 Å². The lowest BCUT2D eigenvalue weighted by Crippen LogP contribution is -2.44. The number of carbonyl (C=O) groups is 1. The third-order valence-electron chi connectivity index (χ3n) is 6.38. The third kappa shape index (κ3) is 6.73. The molecule has 0 unspecified atom stereocenters. The lowest BCUT2D eigenvalue weighted by atomic mass is 9.91. The average molecular weight is 418 g/mol. The monoisotopic (exact) mass is 417 g/mol. The van der Waals surface area contributed by atoms with Gasteiger partial charge in [-0.05, 0) is 54.9 Å². The minimum atomic E-state index is -0.455. The van der Waals surface area contributed by atoms with Gasteiger partial charge >= 0.3 is 5.97 Å². The highest BCUT2D eigenvalue weighted by molar-refractivity contribution is 5.81. The van der Waals surface area contributed by atoms with Crippen LogP contribution in [0.3, 0.4) is 0 Å². The molecule has 2 atom stereocenters. The SMILES string of the molecule is CCCCCc1cc2c(cc1CCCCC)N(C)[C@@H](CCCC)C(=O)O[C@H](CO)C2. The van der Waals surface area contributed by atoms with E-state index in [4.69, 9.17) is 4.74 Å². The van der Waals surface area contributed by atoms with Gasteiger partial charge in [-0.15, -0.1) is 0 Å². The molecular formula is C26H43NO3. The number of fused-ring (bicyclic) bond motifs is 1. The van der Waals surface area contributed by atoms with Crippen LogP contribution in [0, 0.1) is 0 Å². The van der Waals surface area contributed by atoms with Gasteiger partial charge in [0.15, 0.2) is 0 Å². The number of aliphatic hydroxyl groups excluding tert-OH is 1. The van der Waals surface area contributed by atoms with E-state index in [1.54, 1.807) is 0 Å². The number of aliphatic hydroxyl groups is 1.